The molecule has 0 aliphatic carbocycles. The van der Waals surface area contributed by atoms with Gasteiger partial charge in [-0.05, 0) is 41.5 Å². The summed E-state index contributed by atoms with van der Waals surface area (Å²) in [5.41, 5.74) is 1.16. The van der Waals surface area contributed by atoms with Gasteiger partial charge in [-0.25, -0.2) is 4.79 Å². The highest BCUT2D eigenvalue weighted by molar-refractivity contribution is 7.12. The lowest BCUT2D eigenvalue weighted by Crippen LogP contribution is -2.49. The predicted molar refractivity (Wildman–Crippen MR) is 101 cm³/mol. The summed E-state index contributed by atoms with van der Waals surface area (Å²) in [5.74, 6) is -1.50. The third kappa shape index (κ3) is 5.42. The standard InChI is InChI=1S/C19H22N2O4S/c1-12(2)16(21-17(22)15-4-3-11-26-15)18(23)20-10-9-13-5-7-14(8-6-13)19(24)25/h3-8,11-12,16H,9-10H2,1-2H3,(H,20,23)(H,21,22)(H,24,25). The lowest BCUT2D eigenvalue weighted by Gasteiger charge is -2.21. The number of hydrogen-bond donors (Lipinski definition) is 3. The van der Waals surface area contributed by atoms with Gasteiger partial charge in [0, 0.05) is 6.54 Å². The van der Waals surface area contributed by atoms with Gasteiger partial charge in [-0.2, -0.15) is 0 Å². The summed E-state index contributed by atoms with van der Waals surface area (Å²) in [6, 6.07) is 9.44. The van der Waals surface area contributed by atoms with Crippen LogP contribution in [0.2, 0.25) is 0 Å². The van der Waals surface area contributed by atoms with Crippen LogP contribution in [-0.2, 0) is 11.2 Å². The van der Waals surface area contributed by atoms with Crippen LogP contribution in [0, 0.1) is 5.92 Å². The predicted octanol–water partition coefficient (Wildman–Crippen LogP) is 2.56. The summed E-state index contributed by atoms with van der Waals surface area (Å²) >= 11 is 1.33. The highest BCUT2D eigenvalue weighted by atomic mass is 32.1. The van der Waals surface area contributed by atoms with E-state index < -0.39 is 12.0 Å². The first kappa shape index (κ1) is 19.7. The first-order chi connectivity index (χ1) is 12.4. The van der Waals surface area contributed by atoms with Gasteiger partial charge in [0.05, 0.1) is 10.4 Å². The van der Waals surface area contributed by atoms with Crippen LogP contribution in [0.5, 0.6) is 0 Å². The van der Waals surface area contributed by atoms with Gasteiger partial charge < -0.3 is 15.7 Å². The van der Waals surface area contributed by atoms with Crippen molar-refractivity contribution in [2.75, 3.05) is 6.54 Å². The molecule has 1 unspecified atom stereocenters. The summed E-state index contributed by atoms with van der Waals surface area (Å²) in [5, 5.41) is 16.3. The van der Waals surface area contributed by atoms with Crippen LogP contribution in [0.15, 0.2) is 41.8 Å². The number of carboxylic acid groups (broad SMARTS) is 1. The number of carbonyl (C=O) groups is 3. The third-order valence-corrected chi connectivity index (χ3v) is 4.76. The topological polar surface area (TPSA) is 95.5 Å². The Morgan fingerprint density at radius 2 is 1.81 bits per heavy atom. The van der Waals surface area contributed by atoms with E-state index in [0.29, 0.717) is 17.8 Å². The van der Waals surface area contributed by atoms with E-state index in [9.17, 15) is 14.4 Å². The molecule has 138 valence electrons. The molecule has 3 N–H and O–H groups in total. The van der Waals surface area contributed by atoms with Crippen molar-refractivity contribution in [2.24, 2.45) is 5.92 Å². The molecule has 2 aromatic rings. The van der Waals surface area contributed by atoms with E-state index in [0.717, 1.165) is 5.56 Å². The van der Waals surface area contributed by atoms with Crippen LogP contribution in [0.3, 0.4) is 0 Å². The Hall–Kier alpha value is -2.67. The summed E-state index contributed by atoms with van der Waals surface area (Å²) in [4.78, 5) is 36.0. The van der Waals surface area contributed by atoms with Crippen LogP contribution in [0.1, 0.15) is 39.4 Å². The highest BCUT2D eigenvalue weighted by Gasteiger charge is 2.24. The first-order valence-corrected chi connectivity index (χ1v) is 9.20. The fourth-order valence-corrected chi connectivity index (χ4v) is 3.04. The Balaban J connectivity index is 1.87. The van der Waals surface area contributed by atoms with E-state index in [2.05, 4.69) is 10.6 Å². The van der Waals surface area contributed by atoms with E-state index in [-0.39, 0.29) is 23.3 Å². The fourth-order valence-electron chi connectivity index (χ4n) is 2.41. The number of benzene rings is 1. The Bertz CT molecular complexity index is 754. The second-order valence-electron chi connectivity index (χ2n) is 6.22. The number of hydrogen-bond acceptors (Lipinski definition) is 4. The average Bonchev–Trinajstić information content (AvgIpc) is 3.14. The Morgan fingerprint density at radius 3 is 2.35 bits per heavy atom. The SMILES string of the molecule is CC(C)C(NC(=O)c1cccs1)C(=O)NCCc1ccc(C(=O)O)cc1. The lowest BCUT2D eigenvalue weighted by molar-refractivity contribution is -0.123. The summed E-state index contributed by atoms with van der Waals surface area (Å²) in [6.07, 6.45) is 0.579. The van der Waals surface area contributed by atoms with Gasteiger partial charge >= 0.3 is 5.97 Å². The minimum absolute atomic E-state index is 0.0474. The Labute approximate surface area is 156 Å². The van der Waals surface area contributed by atoms with Gasteiger partial charge in [-0.3, -0.25) is 9.59 Å². The molecule has 26 heavy (non-hydrogen) atoms. The number of carbonyl (C=O) groups excluding carboxylic acids is 2. The number of amides is 2. The van der Waals surface area contributed by atoms with E-state index >= 15 is 0 Å². The Morgan fingerprint density at radius 1 is 1.12 bits per heavy atom. The largest absolute Gasteiger partial charge is 0.478 e. The molecule has 6 nitrogen and oxygen atoms in total. The summed E-state index contributed by atoms with van der Waals surface area (Å²) < 4.78 is 0. The van der Waals surface area contributed by atoms with Crippen molar-refractivity contribution < 1.29 is 19.5 Å². The van der Waals surface area contributed by atoms with Crippen molar-refractivity contribution in [1.29, 1.82) is 0 Å². The molecule has 1 atom stereocenters. The molecular formula is C19H22N2O4S. The number of carboxylic acids is 1. The summed E-state index contributed by atoms with van der Waals surface area (Å²) in [7, 11) is 0. The third-order valence-electron chi connectivity index (χ3n) is 3.89. The number of aromatic carboxylic acids is 1. The van der Waals surface area contributed by atoms with Crippen LogP contribution in [-0.4, -0.2) is 35.5 Å². The maximum Gasteiger partial charge on any atom is 0.335 e. The second-order valence-corrected chi connectivity index (χ2v) is 7.16. The molecule has 1 aromatic heterocycles. The zero-order chi connectivity index (χ0) is 19.1. The molecule has 1 heterocycles. The molecule has 0 saturated heterocycles. The van der Waals surface area contributed by atoms with Gasteiger partial charge in [-0.1, -0.05) is 32.0 Å². The molecular weight excluding hydrogens is 352 g/mol. The number of nitrogens with one attached hydrogen (secondary N) is 2. The molecule has 0 saturated carbocycles. The average molecular weight is 374 g/mol. The number of rotatable bonds is 8. The quantitative estimate of drug-likeness (QED) is 0.662. The van der Waals surface area contributed by atoms with Crippen molar-refractivity contribution >= 4 is 29.1 Å². The van der Waals surface area contributed by atoms with Gasteiger partial charge in [-0.15, -0.1) is 11.3 Å². The van der Waals surface area contributed by atoms with E-state index in [4.69, 9.17) is 5.11 Å². The van der Waals surface area contributed by atoms with Gasteiger partial charge in [0.25, 0.3) is 5.91 Å². The molecule has 7 heteroatoms. The molecule has 0 spiro atoms. The fraction of sp³-hybridized carbons (Fsp3) is 0.316. The van der Waals surface area contributed by atoms with Gasteiger partial charge in [0.2, 0.25) is 5.91 Å². The second kappa shape index (κ2) is 9.15. The molecule has 1 aromatic carbocycles. The monoisotopic (exact) mass is 374 g/mol. The Kier molecular flexibility index (Phi) is 6.91. The van der Waals surface area contributed by atoms with Crippen LogP contribution in [0.4, 0.5) is 0 Å². The maximum absolute atomic E-state index is 12.4. The van der Waals surface area contributed by atoms with Crippen molar-refractivity contribution in [3.05, 3.63) is 57.8 Å². The zero-order valence-electron chi connectivity index (χ0n) is 14.7. The van der Waals surface area contributed by atoms with Crippen LogP contribution < -0.4 is 10.6 Å². The molecule has 0 bridgehead atoms. The highest BCUT2D eigenvalue weighted by Crippen LogP contribution is 2.10. The lowest BCUT2D eigenvalue weighted by atomic mass is 10.0. The van der Waals surface area contributed by atoms with Crippen molar-refractivity contribution in [2.45, 2.75) is 26.3 Å². The van der Waals surface area contributed by atoms with Crippen LogP contribution >= 0.6 is 11.3 Å². The minimum Gasteiger partial charge on any atom is -0.478 e. The molecule has 0 radical (unpaired) electrons. The van der Waals surface area contributed by atoms with Crippen molar-refractivity contribution in [3.63, 3.8) is 0 Å². The summed E-state index contributed by atoms with van der Waals surface area (Å²) in [6.45, 7) is 4.16. The smallest absolute Gasteiger partial charge is 0.335 e. The van der Waals surface area contributed by atoms with E-state index in [1.54, 1.807) is 24.3 Å². The number of thiophene rings is 1. The van der Waals surface area contributed by atoms with Crippen molar-refractivity contribution in [3.8, 4) is 0 Å². The molecule has 0 aliphatic heterocycles. The molecule has 0 fully saturated rings. The molecule has 2 amide bonds. The van der Waals surface area contributed by atoms with Crippen molar-refractivity contribution in [1.82, 2.24) is 10.6 Å². The molecule has 0 aliphatic rings. The molecule has 2 rings (SSSR count). The van der Waals surface area contributed by atoms with Gasteiger partial charge in [0.15, 0.2) is 0 Å². The van der Waals surface area contributed by atoms with Gasteiger partial charge in [0.1, 0.15) is 6.04 Å². The normalized spacial score (nSPS) is 11.8. The maximum atomic E-state index is 12.4. The minimum atomic E-state index is -0.967. The van der Waals surface area contributed by atoms with E-state index in [1.165, 1.54) is 23.5 Å². The zero-order valence-corrected chi connectivity index (χ0v) is 15.5. The first-order valence-electron chi connectivity index (χ1n) is 8.33. The van der Waals surface area contributed by atoms with Crippen LogP contribution in [0.25, 0.3) is 0 Å². The van der Waals surface area contributed by atoms with E-state index in [1.807, 2.05) is 19.2 Å².